The van der Waals surface area contributed by atoms with E-state index in [1.54, 1.807) is 6.07 Å². The Kier molecular flexibility index (Phi) is 8.67. The van der Waals surface area contributed by atoms with Crippen LogP contribution in [0.2, 0.25) is 0 Å². The maximum Gasteiger partial charge on any atom is 0.251 e. The van der Waals surface area contributed by atoms with Crippen LogP contribution in [0.1, 0.15) is 23.2 Å². The number of rotatable bonds is 9. The Morgan fingerprint density at radius 3 is 2.48 bits per heavy atom. The highest BCUT2D eigenvalue weighted by atomic mass is 32.2. The van der Waals surface area contributed by atoms with Crippen molar-refractivity contribution in [3.8, 4) is 5.75 Å². The van der Waals surface area contributed by atoms with Crippen molar-refractivity contribution in [2.75, 3.05) is 79.7 Å². The Bertz CT molecular complexity index is 834. The molecular formula is C21H34N4O5S. The van der Waals surface area contributed by atoms with Crippen LogP contribution in [0.4, 0.5) is 0 Å². The molecule has 0 bridgehead atoms. The first-order chi connectivity index (χ1) is 14.9. The van der Waals surface area contributed by atoms with Crippen LogP contribution in [0.25, 0.3) is 0 Å². The second kappa shape index (κ2) is 11.2. The van der Waals surface area contributed by atoms with Gasteiger partial charge in [0.05, 0.1) is 20.3 Å². The summed E-state index contributed by atoms with van der Waals surface area (Å²) in [5.74, 6) is -0.0455. The monoisotopic (exact) mass is 454 g/mol. The molecule has 10 heteroatoms. The van der Waals surface area contributed by atoms with Gasteiger partial charge in [0.15, 0.2) is 0 Å². The molecule has 2 aliphatic rings. The summed E-state index contributed by atoms with van der Waals surface area (Å²) in [5, 5.41) is 2.90. The molecule has 1 aromatic carbocycles. The van der Waals surface area contributed by atoms with Crippen molar-refractivity contribution in [2.45, 2.75) is 17.7 Å². The van der Waals surface area contributed by atoms with Crippen molar-refractivity contribution in [1.29, 1.82) is 0 Å². The molecule has 0 saturated carbocycles. The molecule has 0 radical (unpaired) electrons. The predicted octanol–water partition coefficient (Wildman–Crippen LogP) is 0.474. The van der Waals surface area contributed by atoms with Gasteiger partial charge in [-0.2, -0.15) is 4.31 Å². The normalized spacial score (nSPS) is 19.3. The number of amides is 1. The summed E-state index contributed by atoms with van der Waals surface area (Å²) in [7, 11) is -0.200. The summed E-state index contributed by atoms with van der Waals surface area (Å²) in [5.41, 5.74) is 0.312. The van der Waals surface area contributed by atoms with Crippen LogP contribution in [0.5, 0.6) is 5.75 Å². The summed E-state index contributed by atoms with van der Waals surface area (Å²) in [6.07, 6.45) is 1.90. The minimum Gasteiger partial charge on any atom is -0.495 e. The standard InChI is InChI=1S/C21H34N4O5S/c1-23-9-11-24(12-10-23)8-4-3-7-22-21(26)18-5-6-19(29-2)20(17-18)31(27,28)25-13-15-30-16-14-25/h5-6,17H,3-4,7-16H2,1-2H3,(H,22,26). The lowest BCUT2D eigenvalue weighted by molar-refractivity contribution is 0.0729. The second-order valence-corrected chi connectivity index (χ2v) is 9.90. The summed E-state index contributed by atoms with van der Waals surface area (Å²) in [6, 6.07) is 4.54. The first-order valence-corrected chi connectivity index (χ1v) is 12.3. The Morgan fingerprint density at radius 1 is 1.10 bits per heavy atom. The summed E-state index contributed by atoms with van der Waals surface area (Å²) in [6.45, 7) is 7.27. The lowest BCUT2D eigenvalue weighted by Crippen LogP contribution is -2.44. The first-order valence-electron chi connectivity index (χ1n) is 10.9. The fourth-order valence-electron chi connectivity index (χ4n) is 3.78. The van der Waals surface area contributed by atoms with E-state index in [4.69, 9.17) is 9.47 Å². The number of piperazine rings is 1. The van der Waals surface area contributed by atoms with Gasteiger partial charge in [-0.3, -0.25) is 4.79 Å². The zero-order valence-corrected chi connectivity index (χ0v) is 19.3. The summed E-state index contributed by atoms with van der Waals surface area (Å²) in [4.78, 5) is 17.4. The van der Waals surface area contributed by atoms with Crippen LogP contribution in [0.15, 0.2) is 23.1 Å². The van der Waals surface area contributed by atoms with Gasteiger partial charge in [-0.15, -0.1) is 0 Å². The molecule has 0 aromatic heterocycles. The highest BCUT2D eigenvalue weighted by molar-refractivity contribution is 7.89. The molecule has 31 heavy (non-hydrogen) atoms. The van der Waals surface area contributed by atoms with Crippen LogP contribution in [-0.4, -0.2) is 108 Å². The number of methoxy groups -OCH3 is 1. The molecule has 2 fully saturated rings. The molecule has 1 aromatic rings. The quantitative estimate of drug-likeness (QED) is 0.543. The third-order valence-corrected chi connectivity index (χ3v) is 7.72. The molecule has 2 heterocycles. The molecule has 1 N–H and O–H groups in total. The number of carbonyl (C=O) groups is 1. The van der Waals surface area contributed by atoms with Gasteiger partial charge < -0.3 is 24.6 Å². The zero-order valence-electron chi connectivity index (χ0n) is 18.5. The largest absolute Gasteiger partial charge is 0.495 e. The number of hydrogen-bond donors (Lipinski definition) is 1. The average molecular weight is 455 g/mol. The van der Waals surface area contributed by atoms with Crippen molar-refractivity contribution in [3.05, 3.63) is 23.8 Å². The van der Waals surface area contributed by atoms with E-state index in [9.17, 15) is 13.2 Å². The van der Waals surface area contributed by atoms with Crippen LogP contribution < -0.4 is 10.1 Å². The van der Waals surface area contributed by atoms with E-state index in [0.29, 0.717) is 25.3 Å². The van der Waals surface area contributed by atoms with E-state index in [1.165, 1.54) is 23.5 Å². The molecule has 9 nitrogen and oxygen atoms in total. The van der Waals surface area contributed by atoms with E-state index in [0.717, 1.165) is 45.6 Å². The van der Waals surface area contributed by atoms with E-state index < -0.39 is 10.0 Å². The van der Waals surface area contributed by atoms with Gasteiger partial charge in [0.2, 0.25) is 10.0 Å². The Hall–Kier alpha value is -1.72. The third kappa shape index (κ3) is 6.39. The molecule has 0 unspecified atom stereocenters. The van der Waals surface area contributed by atoms with Gasteiger partial charge in [0, 0.05) is 51.4 Å². The third-order valence-electron chi connectivity index (χ3n) is 5.80. The van der Waals surface area contributed by atoms with Crippen LogP contribution in [-0.2, 0) is 14.8 Å². The number of hydrogen-bond acceptors (Lipinski definition) is 7. The van der Waals surface area contributed by atoms with Crippen molar-refractivity contribution >= 4 is 15.9 Å². The van der Waals surface area contributed by atoms with E-state index in [1.807, 2.05) is 0 Å². The van der Waals surface area contributed by atoms with Crippen LogP contribution in [0.3, 0.4) is 0 Å². The van der Waals surface area contributed by atoms with Gasteiger partial charge in [-0.25, -0.2) is 8.42 Å². The second-order valence-electron chi connectivity index (χ2n) is 7.99. The minimum absolute atomic E-state index is 0.0135. The maximum atomic E-state index is 13.1. The van der Waals surface area contributed by atoms with Gasteiger partial charge in [-0.1, -0.05) is 0 Å². The fourth-order valence-corrected chi connectivity index (χ4v) is 5.37. The molecule has 3 rings (SSSR count). The van der Waals surface area contributed by atoms with Gasteiger partial charge in [-0.05, 0) is 44.6 Å². The molecule has 1 amide bonds. The van der Waals surface area contributed by atoms with Gasteiger partial charge in [0.1, 0.15) is 10.6 Å². The van der Waals surface area contributed by atoms with Crippen LogP contribution >= 0.6 is 0 Å². The highest BCUT2D eigenvalue weighted by Gasteiger charge is 2.30. The molecule has 2 saturated heterocycles. The lowest BCUT2D eigenvalue weighted by Gasteiger charge is -2.32. The van der Waals surface area contributed by atoms with Crippen molar-refractivity contribution in [1.82, 2.24) is 19.4 Å². The Morgan fingerprint density at radius 2 is 1.81 bits per heavy atom. The molecule has 0 spiro atoms. The topological polar surface area (TPSA) is 91.4 Å². The highest BCUT2D eigenvalue weighted by Crippen LogP contribution is 2.28. The molecule has 174 valence electrons. The zero-order chi connectivity index (χ0) is 22.3. The van der Waals surface area contributed by atoms with E-state index >= 15 is 0 Å². The number of nitrogens with one attached hydrogen (secondary N) is 1. The van der Waals surface area contributed by atoms with Crippen molar-refractivity contribution < 1.29 is 22.7 Å². The molecule has 2 aliphatic heterocycles. The number of morpholine rings is 1. The van der Waals surface area contributed by atoms with Gasteiger partial charge >= 0.3 is 0 Å². The smallest absolute Gasteiger partial charge is 0.251 e. The number of sulfonamides is 1. The fraction of sp³-hybridized carbons (Fsp3) is 0.667. The van der Waals surface area contributed by atoms with Crippen molar-refractivity contribution in [3.63, 3.8) is 0 Å². The van der Waals surface area contributed by atoms with E-state index in [2.05, 4.69) is 22.2 Å². The molecule has 0 aliphatic carbocycles. The number of likely N-dealkylation sites (N-methyl/N-ethyl adjacent to an activating group) is 1. The number of unbranched alkanes of at least 4 members (excludes halogenated alkanes) is 1. The first kappa shape index (κ1) is 23.9. The van der Waals surface area contributed by atoms with Crippen LogP contribution in [0, 0.1) is 0 Å². The maximum absolute atomic E-state index is 13.1. The van der Waals surface area contributed by atoms with Crippen molar-refractivity contribution in [2.24, 2.45) is 0 Å². The SMILES string of the molecule is COc1ccc(C(=O)NCCCCN2CCN(C)CC2)cc1S(=O)(=O)N1CCOCC1. The lowest BCUT2D eigenvalue weighted by atomic mass is 10.2. The number of nitrogens with zero attached hydrogens (tertiary/aromatic N) is 3. The Balaban J connectivity index is 1.54. The minimum atomic E-state index is -3.77. The predicted molar refractivity (Wildman–Crippen MR) is 118 cm³/mol. The van der Waals surface area contributed by atoms with Gasteiger partial charge in [0.25, 0.3) is 5.91 Å². The van der Waals surface area contributed by atoms with E-state index in [-0.39, 0.29) is 29.6 Å². The Labute approximate surface area is 185 Å². The number of benzene rings is 1. The molecule has 0 atom stereocenters. The number of ether oxygens (including phenoxy) is 2. The summed E-state index contributed by atoms with van der Waals surface area (Å²) >= 11 is 0. The average Bonchev–Trinajstić information content (AvgIpc) is 2.80. The summed E-state index contributed by atoms with van der Waals surface area (Å²) < 4.78 is 38.0. The molecular weight excluding hydrogens is 420 g/mol. The number of carbonyl (C=O) groups excluding carboxylic acids is 1.